The summed E-state index contributed by atoms with van der Waals surface area (Å²) in [5.41, 5.74) is 0. The van der Waals surface area contributed by atoms with Crippen molar-refractivity contribution >= 4 is 16.8 Å². The van der Waals surface area contributed by atoms with Crippen LogP contribution in [0.5, 0.6) is 0 Å². The fraction of sp³-hybridized carbons (Fsp3) is 0. The predicted octanol–water partition coefficient (Wildman–Crippen LogP) is -0.767. The molecule has 8 radical (unpaired) electrons. The molecule has 12 valence electrons. The molecule has 0 saturated heterocycles. The molecule has 0 atom stereocenters. The Morgan fingerprint density at radius 2 is 0.500 bits per heavy atom. The van der Waals surface area contributed by atoms with E-state index in [1.165, 1.54) is 0 Å². The van der Waals surface area contributed by atoms with Crippen LogP contribution in [0.3, 0.4) is 0 Å². The van der Waals surface area contributed by atoms with Gasteiger partial charge in [-0.25, -0.2) is 0 Å². The Bertz CT molecular complexity index is 4.00. The van der Waals surface area contributed by atoms with Gasteiger partial charge in [0.05, 0.1) is 0 Å². The average Bonchev–Trinajstić information content (AvgIpc) is 0. The van der Waals surface area contributed by atoms with Gasteiger partial charge in [-0.3, -0.25) is 0 Å². The smallest absolute Gasteiger partial charge is 0 e. The molecule has 0 aliphatic rings. The zero-order valence-electron chi connectivity index (χ0n) is 2.31. The van der Waals surface area contributed by atoms with Crippen LogP contribution in [-0.4, -0.2) is 16.8 Å². The molecule has 0 saturated carbocycles. The normalized spacial score (nSPS) is 0. The minimum atomic E-state index is 0. The molecule has 0 aliphatic heterocycles. The van der Waals surface area contributed by atoms with Gasteiger partial charge in [0.15, 0.2) is 0 Å². The third kappa shape index (κ3) is 8.84. The molecule has 0 heterocycles. The standard InChI is InChI=1S/2B.2Y. The summed E-state index contributed by atoms with van der Waals surface area (Å²) in [7, 11) is 0. The van der Waals surface area contributed by atoms with E-state index in [-0.39, 0.29) is 82.2 Å². The van der Waals surface area contributed by atoms with Crippen molar-refractivity contribution in [1.29, 1.82) is 0 Å². The maximum atomic E-state index is 0. The first-order chi connectivity index (χ1) is 0. The van der Waals surface area contributed by atoms with E-state index in [1.807, 2.05) is 0 Å². The maximum absolute atomic E-state index is 0. The van der Waals surface area contributed by atoms with Gasteiger partial charge in [0.2, 0.25) is 0 Å². The van der Waals surface area contributed by atoms with Crippen molar-refractivity contribution in [2.75, 3.05) is 0 Å². The molecule has 0 bridgehead atoms. The Morgan fingerprint density at radius 1 is 0.500 bits per heavy atom. The van der Waals surface area contributed by atoms with Crippen molar-refractivity contribution in [3.63, 3.8) is 0 Å². The molecule has 0 unspecified atom stereocenters. The van der Waals surface area contributed by atoms with E-state index in [9.17, 15) is 0 Å². The molecular formula is B2Y2. The first-order valence-corrected chi connectivity index (χ1v) is 0. The molecule has 0 aromatic heterocycles. The van der Waals surface area contributed by atoms with Crippen molar-refractivity contribution < 1.29 is 65.4 Å². The van der Waals surface area contributed by atoms with Crippen molar-refractivity contribution in [3.8, 4) is 0 Å². The van der Waals surface area contributed by atoms with Crippen LogP contribution in [0.15, 0.2) is 0 Å². The van der Waals surface area contributed by atoms with Gasteiger partial charge < -0.3 is 0 Å². The average molecular weight is 199 g/mol. The summed E-state index contributed by atoms with van der Waals surface area (Å²) < 4.78 is 0. The van der Waals surface area contributed by atoms with E-state index >= 15 is 0 Å². The largest absolute Gasteiger partial charge is 0 e. The fourth-order valence-electron chi connectivity index (χ4n) is 0. The van der Waals surface area contributed by atoms with Gasteiger partial charge in [-0.1, -0.05) is 0 Å². The zero-order valence-corrected chi connectivity index (χ0v) is 7.99. The summed E-state index contributed by atoms with van der Waals surface area (Å²) >= 11 is 0. The summed E-state index contributed by atoms with van der Waals surface area (Å²) in [4.78, 5) is 0. The van der Waals surface area contributed by atoms with Crippen molar-refractivity contribution in [2.45, 2.75) is 0 Å². The second kappa shape index (κ2) is 18.4. The summed E-state index contributed by atoms with van der Waals surface area (Å²) in [6.07, 6.45) is 0. The summed E-state index contributed by atoms with van der Waals surface area (Å²) in [6.45, 7) is 0. The van der Waals surface area contributed by atoms with E-state index in [0.29, 0.717) is 0 Å². The van der Waals surface area contributed by atoms with Crippen LogP contribution in [0.2, 0.25) is 0 Å². The fourth-order valence-corrected chi connectivity index (χ4v) is 0. The number of hydrogen-bond acceptors (Lipinski definition) is 0. The SMILES string of the molecule is [B].[B].[Y].[Y]. The number of rotatable bonds is 0. The Labute approximate surface area is 80.8 Å². The number of hydrogen-bond donors (Lipinski definition) is 0. The van der Waals surface area contributed by atoms with E-state index in [2.05, 4.69) is 0 Å². The molecular weight excluding hydrogens is 199 g/mol. The Balaban J connectivity index is 0. The Morgan fingerprint density at radius 3 is 0.500 bits per heavy atom. The minimum Gasteiger partial charge on any atom is 0 e. The quantitative estimate of drug-likeness (QED) is 0.450. The van der Waals surface area contributed by atoms with E-state index in [0.717, 1.165) is 0 Å². The molecule has 0 amide bonds. The van der Waals surface area contributed by atoms with Gasteiger partial charge in [-0.2, -0.15) is 0 Å². The van der Waals surface area contributed by atoms with Gasteiger partial charge in [0.1, 0.15) is 0 Å². The Kier molecular flexibility index (Phi) is 152. The second-order valence-electron chi connectivity index (χ2n) is 0. The van der Waals surface area contributed by atoms with Gasteiger partial charge in [0.25, 0.3) is 0 Å². The molecule has 0 rings (SSSR count). The first-order valence-electron chi connectivity index (χ1n) is 0. The molecule has 0 fully saturated rings. The molecule has 4 heavy (non-hydrogen) atoms. The molecule has 0 N–H and O–H groups in total. The third-order valence-electron chi connectivity index (χ3n) is 0. The van der Waals surface area contributed by atoms with Gasteiger partial charge >= 0.3 is 0 Å². The first kappa shape index (κ1) is 33.0. The van der Waals surface area contributed by atoms with Gasteiger partial charge in [-0.15, -0.1) is 0 Å². The van der Waals surface area contributed by atoms with Crippen molar-refractivity contribution in [1.82, 2.24) is 0 Å². The topological polar surface area (TPSA) is 0 Å². The molecule has 0 nitrogen and oxygen atoms in total. The van der Waals surface area contributed by atoms with Crippen LogP contribution in [0.1, 0.15) is 0 Å². The van der Waals surface area contributed by atoms with Crippen molar-refractivity contribution in [2.24, 2.45) is 0 Å². The van der Waals surface area contributed by atoms with Crippen molar-refractivity contribution in [3.05, 3.63) is 0 Å². The zero-order chi connectivity index (χ0) is 0. The third-order valence-corrected chi connectivity index (χ3v) is 0. The van der Waals surface area contributed by atoms with E-state index in [1.54, 1.807) is 0 Å². The molecule has 0 aromatic rings. The summed E-state index contributed by atoms with van der Waals surface area (Å²) in [5, 5.41) is 0. The Hall–Kier alpha value is 2.34. The second-order valence-corrected chi connectivity index (χ2v) is 0. The maximum Gasteiger partial charge on any atom is 0 e. The van der Waals surface area contributed by atoms with E-state index in [4.69, 9.17) is 0 Å². The van der Waals surface area contributed by atoms with Crippen LogP contribution in [0.4, 0.5) is 0 Å². The minimum absolute atomic E-state index is 0. The molecule has 4 heteroatoms. The molecule has 0 spiro atoms. The molecule has 0 aromatic carbocycles. The van der Waals surface area contributed by atoms with Crippen LogP contribution in [0, 0.1) is 0 Å². The van der Waals surface area contributed by atoms with Crippen LogP contribution in [-0.2, 0) is 65.4 Å². The molecule has 0 aliphatic carbocycles. The van der Waals surface area contributed by atoms with Crippen LogP contribution < -0.4 is 0 Å². The predicted molar refractivity (Wildman–Crippen MR) is 11.5 cm³/mol. The van der Waals surface area contributed by atoms with Crippen LogP contribution >= 0.6 is 0 Å². The summed E-state index contributed by atoms with van der Waals surface area (Å²) in [5.74, 6) is 0. The van der Waals surface area contributed by atoms with Crippen LogP contribution in [0.25, 0.3) is 0 Å². The van der Waals surface area contributed by atoms with Gasteiger partial charge in [0, 0.05) is 82.2 Å². The monoisotopic (exact) mass is 200 g/mol. The van der Waals surface area contributed by atoms with Gasteiger partial charge in [-0.05, 0) is 0 Å². The van der Waals surface area contributed by atoms with E-state index < -0.39 is 0 Å². The summed E-state index contributed by atoms with van der Waals surface area (Å²) in [6, 6.07) is 0.